The van der Waals surface area contributed by atoms with Crippen molar-refractivity contribution in [3.8, 4) is 0 Å². The van der Waals surface area contributed by atoms with E-state index in [0.717, 1.165) is 13.1 Å². The zero-order valence-electron chi connectivity index (χ0n) is 11.4. The molecule has 2 N–H and O–H groups in total. The molecule has 1 atom stereocenters. The highest BCUT2D eigenvalue weighted by Crippen LogP contribution is 2.15. The van der Waals surface area contributed by atoms with Gasteiger partial charge in [0, 0.05) is 31.7 Å². The van der Waals surface area contributed by atoms with Crippen LogP contribution in [0.4, 0.5) is 4.39 Å². The molecule has 1 amide bonds. The predicted molar refractivity (Wildman–Crippen MR) is 72.5 cm³/mol. The first-order chi connectivity index (χ1) is 9.02. The molecular formula is C14H20FN3O. The number of carbonyl (C=O) groups excluding carboxylic acids is 1. The van der Waals surface area contributed by atoms with Gasteiger partial charge in [0.2, 0.25) is 0 Å². The summed E-state index contributed by atoms with van der Waals surface area (Å²) in [7, 11) is 2.02. The number of amides is 1. The fourth-order valence-corrected chi connectivity index (χ4v) is 2.42. The highest BCUT2D eigenvalue weighted by Gasteiger charge is 2.28. The van der Waals surface area contributed by atoms with E-state index in [1.54, 1.807) is 17.9 Å². The van der Waals surface area contributed by atoms with Gasteiger partial charge in [-0.3, -0.25) is 4.79 Å². The maximum atomic E-state index is 13.2. The first kappa shape index (κ1) is 14.0. The third-order valence-corrected chi connectivity index (χ3v) is 3.62. The highest BCUT2D eigenvalue weighted by molar-refractivity contribution is 5.94. The Kier molecular flexibility index (Phi) is 4.17. The van der Waals surface area contributed by atoms with E-state index in [4.69, 9.17) is 5.73 Å². The van der Waals surface area contributed by atoms with E-state index >= 15 is 0 Å². The van der Waals surface area contributed by atoms with Gasteiger partial charge in [-0.1, -0.05) is 0 Å². The molecule has 0 aliphatic carbocycles. The summed E-state index contributed by atoms with van der Waals surface area (Å²) in [5.41, 5.74) is 6.76. The molecule has 1 aromatic rings. The van der Waals surface area contributed by atoms with Gasteiger partial charge in [0.1, 0.15) is 5.82 Å². The number of piperazine rings is 1. The second kappa shape index (κ2) is 5.67. The van der Waals surface area contributed by atoms with Crippen LogP contribution in [0, 0.1) is 12.7 Å². The van der Waals surface area contributed by atoms with E-state index in [-0.39, 0.29) is 17.8 Å². The van der Waals surface area contributed by atoms with Crippen molar-refractivity contribution < 1.29 is 9.18 Å². The third kappa shape index (κ3) is 2.93. The normalized spacial score (nSPS) is 20.6. The number of benzene rings is 1. The monoisotopic (exact) mass is 265 g/mol. The smallest absolute Gasteiger partial charge is 0.254 e. The molecule has 104 valence electrons. The van der Waals surface area contributed by atoms with Crippen molar-refractivity contribution in [3.63, 3.8) is 0 Å². The Labute approximate surface area is 113 Å². The SMILES string of the molecule is Cc1cc(C(=O)N2CCN(C)CC2CN)ccc1F. The van der Waals surface area contributed by atoms with Gasteiger partial charge >= 0.3 is 0 Å². The summed E-state index contributed by atoms with van der Waals surface area (Å²) >= 11 is 0. The van der Waals surface area contributed by atoms with Crippen molar-refractivity contribution in [2.75, 3.05) is 33.2 Å². The van der Waals surface area contributed by atoms with Crippen LogP contribution in [0.5, 0.6) is 0 Å². The predicted octanol–water partition coefficient (Wildman–Crippen LogP) is 0.849. The fourth-order valence-electron chi connectivity index (χ4n) is 2.42. The molecule has 1 heterocycles. The summed E-state index contributed by atoms with van der Waals surface area (Å²) < 4.78 is 13.2. The molecule has 1 aromatic carbocycles. The van der Waals surface area contributed by atoms with E-state index in [9.17, 15) is 9.18 Å². The first-order valence-corrected chi connectivity index (χ1v) is 6.48. The fraction of sp³-hybridized carbons (Fsp3) is 0.500. The molecule has 1 fully saturated rings. The summed E-state index contributed by atoms with van der Waals surface area (Å²) in [6.45, 7) is 4.38. The number of rotatable bonds is 2. The van der Waals surface area contributed by atoms with Gasteiger partial charge < -0.3 is 15.5 Å². The molecule has 4 nitrogen and oxygen atoms in total. The molecule has 0 bridgehead atoms. The standard InChI is InChI=1S/C14H20FN3O/c1-10-7-11(3-4-13(10)15)14(19)18-6-5-17(2)9-12(18)8-16/h3-4,7,12H,5-6,8-9,16H2,1-2H3. The number of likely N-dealkylation sites (N-methyl/N-ethyl adjacent to an activating group) is 1. The Hall–Kier alpha value is -1.46. The van der Waals surface area contributed by atoms with Gasteiger partial charge in [0.05, 0.1) is 6.04 Å². The van der Waals surface area contributed by atoms with Crippen molar-refractivity contribution in [2.45, 2.75) is 13.0 Å². The maximum absolute atomic E-state index is 13.2. The van der Waals surface area contributed by atoms with Crippen LogP contribution < -0.4 is 5.73 Å². The Morgan fingerprint density at radius 3 is 2.84 bits per heavy atom. The number of aryl methyl sites for hydroxylation is 1. The molecule has 1 unspecified atom stereocenters. The molecular weight excluding hydrogens is 245 g/mol. The van der Waals surface area contributed by atoms with Crippen molar-refractivity contribution >= 4 is 5.91 Å². The summed E-state index contributed by atoms with van der Waals surface area (Å²) in [6.07, 6.45) is 0. The van der Waals surface area contributed by atoms with E-state index in [2.05, 4.69) is 4.90 Å². The summed E-state index contributed by atoms with van der Waals surface area (Å²) in [6, 6.07) is 4.51. The van der Waals surface area contributed by atoms with Gasteiger partial charge in [-0.05, 0) is 37.7 Å². The van der Waals surface area contributed by atoms with Crippen LogP contribution in [-0.4, -0.2) is 55.0 Å². The number of nitrogens with two attached hydrogens (primary N) is 1. The molecule has 0 saturated carbocycles. The molecule has 0 aromatic heterocycles. The van der Waals surface area contributed by atoms with Crippen molar-refractivity contribution in [3.05, 3.63) is 35.1 Å². The lowest BCUT2D eigenvalue weighted by Gasteiger charge is -2.39. The lowest BCUT2D eigenvalue weighted by molar-refractivity contribution is 0.0516. The lowest BCUT2D eigenvalue weighted by atomic mass is 10.1. The molecule has 5 heteroatoms. The summed E-state index contributed by atoms with van der Waals surface area (Å²) in [5.74, 6) is -0.350. The van der Waals surface area contributed by atoms with Crippen LogP contribution in [0.15, 0.2) is 18.2 Å². The van der Waals surface area contributed by atoms with Crippen LogP contribution in [0.1, 0.15) is 15.9 Å². The van der Waals surface area contributed by atoms with Crippen LogP contribution in [0.25, 0.3) is 0 Å². The van der Waals surface area contributed by atoms with Gasteiger partial charge in [-0.15, -0.1) is 0 Å². The Balaban J connectivity index is 2.20. The second-order valence-electron chi connectivity index (χ2n) is 5.11. The minimum absolute atomic E-state index is 0.0246. The van der Waals surface area contributed by atoms with E-state index < -0.39 is 0 Å². The van der Waals surface area contributed by atoms with Crippen molar-refractivity contribution in [2.24, 2.45) is 5.73 Å². The van der Waals surface area contributed by atoms with Gasteiger partial charge in [0.15, 0.2) is 0 Å². The van der Waals surface area contributed by atoms with Crippen LogP contribution in [0.3, 0.4) is 0 Å². The van der Waals surface area contributed by atoms with E-state index in [0.29, 0.717) is 24.2 Å². The topological polar surface area (TPSA) is 49.6 Å². The number of carbonyl (C=O) groups is 1. The number of nitrogens with zero attached hydrogens (tertiary/aromatic N) is 2. The average Bonchev–Trinajstić information content (AvgIpc) is 2.41. The van der Waals surface area contributed by atoms with E-state index in [1.807, 2.05) is 7.05 Å². The average molecular weight is 265 g/mol. The summed E-state index contributed by atoms with van der Waals surface area (Å²) in [5, 5.41) is 0. The number of hydrogen-bond donors (Lipinski definition) is 1. The van der Waals surface area contributed by atoms with Gasteiger partial charge in [0.25, 0.3) is 5.91 Å². The molecule has 1 aliphatic heterocycles. The maximum Gasteiger partial charge on any atom is 0.254 e. The Bertz CT molecular complexity index is 478. The lowest BCUT2D eigenvalue weighted by Crippen LogP contribution is -2.56. The Morgan fingerprint density at radius 2 is 2.21 bits per heavy atom. The highest BCUT2D eigenvalue weighted by atomic mass is 19.1. The molecule has 2 rings (SSSR count). The van der Waals surface area contributed by atoms with Gasteiger partial charge in [-0.25, -0.2) is 4.39 Å². The minimum atomic E-state index is -0.287. The van der Waals surface area contributed by atoms with Crippen molar-refractivity contribution in [1.29, 1.82) is 0 Å². The zero-order chi connectivity index (χ0) is 14.0. The van der Waals surface area contributed by atoms with Crippen molar-refractivity contribution in [1.82, 2.24) is 9.80 Å². The minimum Gasteiger partial charge on any atom is -0.332 e. The van der Waals surface area contributed by atoms with Gasteiger partial charge in [-0.2, -0.15) is 0 Å². The molecule has 0 spiro atoms. The van der Waals surface area contributed by atoms with Crippen LogP contribution in [-0.2, 0) is 0 Å². The molecule has 1 aliphatic rings. The quantitative estimate of drug-likeness (QED) is 0.862. The van der Waals surface area contributed by atoms with Crippen LogP contribution >= 0.6 is 0 Å². The van der Waals surface area contributed by atoms with E-state index in [1.165, 1.54) is 12.1 Å². The zero-order valence-corrected chi connectivity index (χ0v) is 11.4. The van der Waals surface area contributed by atoms with Crippen LogP contribution in [0.2, 0.25) is 0 Å². The third-order valence-electron chi connectivity index (χ3n) is 3.62. The number of halogens is 1. The second-order valence-corrected chi connectivity index (χ2v) is 5.11. The largest absolute Gasteiger partial charge is 0.332 e. The molecule has 19 heavy (non-hydrogen) atoms. The molecule has 1 saturated heterocycles. The Morgan fingerprint density at radius 1 is 1.47 bits per heavy atom. The number of hydrogen-bond acceptors (Lipinski definition) is 3. The summed E-state index contributed by atoms with van der Waals surface area (Å²) in [4.78, 5) is 16.4. The molecule has 0 radical (unpaired) electrons. The first-order valence-electron chi connectivity index (χ1n) is 6.48.